The van der Waals surface area contributed by atoms with E-state index >= 15 is 0 Å². The van der Waals surface area contributed by atoms with Crippen molar-refractivity contribution in [1.82, 2.24) is 9.80 Å². The van der Waals surface area contributed by atoms with Crippen molar-refractivity contribution in [2.24, 2.45) is 0 Å². The summed E-state index contributed by atoms with van der Waals surface area (Å²) < 4.78 is 25.5. The summed E-state index contributed by atoms with van der Waals surface area (Å²) >= 11 is 12.1. The Hall–Kier alpha value is -0.860. The third-order valence-electron chi connectivity index (χ3n) is 6.95. The van der Waals surface area contributed by atoms with E-state index < -0.39 is 9.84 Å². The van der Waals surface area contributed by atoms with E-state index in [4.69, 9.17) is 27.9 Å². The highest BCUT2D eigenvalue weighted by Crippen LogP contribution is 2.43. The Morgan fingerprint density at radius 2 is 1.82 bits per heavy atom. The molecule has 4 rings (SSSR count). The van der Waals surface area contributed by atoms with Gasteiger partial charge in [0.05, 0.1) is 22.1 Å². The largest absolute Gasteiger partial charge is 0.375 e. The van der Waals surface area contributed by atoms with Gasteiger partial charge in [0, 0.05) is 38.2 Å². The van der Waals surface area contributed by atoms with Crippen LogP contribution < -0.4 is 0 Å². The maximum Gasteiger partial charge on any atom is 0.227 e. The van der Waals surface area contributed by atoms with E-state index in [0.717, 1.165) is 57.0 Å². The maximum absolute atomic E-state index is 13.1. The van der Waals surface area contributed by atoms with E-state index in [1.54, 1.807) is 12.1 Å². The molecule has 3 fully saturated rings. The van der Waals surface area contributed by atoms with Crippen molar-refractivity contribution in [3.05, 3.63) is 33.8 Å². The number of hydrogen-bond donors (Lipinski definition) is 0. The molecule has 1 amide bonds. The number of halogens is 2. The van der Waals surface area contributed by atoms with Gasteiger partial charge in [-0.05, 0) is 75.7 Å². The molecule has 0 N–H and O–H groups in total. The van der Waals surface area contributed by atoms with Crippen LogP contribution >= 0.6 is 23.2 Å². The van der Waals surface area contributed by atoms with Gasteiger partial charge < -0.3 is 9.64 Å². The summed E-state index contributed by atoms with van der Waals surface area (Å²) in [5.74, 6) is 0.149. The standard InChI is InChI=1S/C22H30Cl2N2O2.C2H6O2S/c1-25(21(27)14-16-5-6-17(23)18(24)13-16)19-7-9-22(8-4-12-28-22)15-20(19)26-10-2-3-11-26;1-5(2,3)4/h5-6,13,19-20H,2-4,7-12,14-15H2,1H3;1-2H3/t19-,20-,22-;/m0./s1. The van der Waals surface area contributed by atoms with Crippen molar-refractivity contribution in [2.45, 2.75) is 69.1 Å². The average molecular weight is 520 g/mol. The van der Waals surface area contributed by atoms with Gasteiger partial charge in [-0.15, -0.1) is 0 Å². The van der Waals surface area contributed by atoms with Gasteiger partial charge in [-0.3, -0.25) is 9.69 Å². The van der Waals surface area contributed by atoms with Gasteiger partial charge in [0.25, 0.3) is 0 Å². The number of likely N-dealkylation sites (N-methyl/N-ethyl adjacent to an activating group) is 1. The summed E-state index contributed by atoms with van der Waals surface area (Å²) in [7, 11) is -0.693. The Balaban J connectivity index is 0.000000555. The molecule has 1 aliphatic carbocycles. The smallest absolute Gasteiger partial charge is 0.227 e. The number of likely N-dealkylation sites (tertiary alicyclic amines) is 1. The summed E-state index contributed by atoms with van der Waals surface area (Å²) in [6.07, 6.45) is 10.7. The number of carbonyl (C=O) groups is 1. The molecule has 1 aromatic rings. The molecule has 3 atom stereocenters. The molecular formula is C24H36Cl2N2O4S. The van der Waals surface area contributed by atoms with Gasteiger partial charge >= 0.3 is 0 Å². The number of nitrogens with zero attached hydrogens (tertiary/aromatic N) is 2. The summed E-state index contributed by atoms with van der Waals surface area (Å²) in [4.78, 5) is 17.7. The lowest BCUT2D eigenvalue weighted by molar-refractivity contribution is -0.136. The molecule has 1 spiro atoms. The van der Waals surface area contributed by atoms with E-state index in [9.17, 15) is 13.2 Å². The zero-order valence-electron chi connectivity index (χ0n) is 19.9. The molecule has 186 valence electrons. The van der Waals surface area contributed by atoms with E-state index in [2.05, 4.69) is 4.90 Å². The first-order valence-corrected chi connectivity index (χ1v) is 14.8. The summed E-state index contributed by atoms with van der Waals surface area (Å²) in [5.41, 5.74) is 0.965. The van der Waals surface area contributed by atoms with Gasteiger partial charge in [-0.25, -0.2) is 8.42 Å². The predicted molar refractivity (Wildman–Crippen MR) is 134 cm³/mol. The van der Waals surface area contributed by atoms with Crippen molar-refractivity contribution in [3.63, 3.8) is 0 Å². The Morgan fingerprint density at radius 1 is 1.15 bits per heavy atom. The number of rotatable bonds is 4. The fourth-order valence-corrected chi connectivity index (χ4v) is 5.69. The molecule has 2 aliphatic heterocycles. The molecule has 9 heteroatoms. The van der Waals surface area contributed by atoms with Gasteiger partial charge in [0.2, 0.25) is 5.91 Å². The molecule has 0 bridgehead atoms. The molecule has 33 heavy (non-hydrogen) atoms. The molecule has 3 aliphatic rings. The van der Waals surface area contributed by atoms with Crippen molar-refractivity contribution >= 4 is 38.9 Å². The zero-order valence-corrected chi connectivity index (χ0v) is 22.2. The van der Waals surface area contributed by atoms with Crippen LogP contribution in [0.2, 0.25) is 10.0 Å². The highest BCUT2D eigenvalue weighted by molar-refractivity contribution is 7.89. The van der Waals surface area contributed by atoms with Crippen molar-refractivity contribution in [1.29, 1.82) is 0 Å². The van der Waals surface area contributed by atoms with Crippen LogP contribution in [0.15, 0.2) is 18.2 Å². The van der Waals surface area contributed by atoms with Crippen LogP contribution in [-0.4, -0.2) is 81.1 Å². The first-order chi connectivity index (χ1) is 15.5. The molecule has 6 nitrogen and oxygen atoms in total. The Labute approximate surface area is 208 Å². The Morgan fingerprint density at radius 3 is 2.39 bits per heavy atom. The SMILES string of the molecule is CN(C(=O)Cc1ccc(Cl)c(Cl)c1)[C@H]1CC[C@@]2(CCCO2)C[C@@H]1N1CCCC1.CS(C)(=O)=O. The van der Waals surface area contributed by atoms with E-state index in [1.165, 1.54) is 25.7 Å². The van der Waals surface area contributed by atoms with Crippen molar-refractivity contribution in [3.8, 4) is 0 Å². The van der Waals surface area contributed by atoms with Crippen LogP contribution in [0.4, 0.5) is 0 Å². The summed E-state index contributed by atoms with van der Waals surface area (Å²) in [5, 5.41) is 1.03. The zero-order chi connectivity index (χ0) is 24.2. The minimum Gasteiger partial charge on any atom is -0.375 e. The molecule has 1 saturated carbocycles. The molecule has 2 heterocycles. The van der Waals surface area contributed by atoms with Crippen molar-refractivity contribution in [2.75, 3.05) is 39.3 Å². The van der Waals surface area contributed by atoms with Gasteiger partial charge in [0.1, 0.15) is 9.84 Å². The number of sulfone groups is 1. The van der Waals surface area contributed by atoms with Gasteiger partial charge in [-0.1, -0.05) is 29.3 Å². The number of carbonyl (C=O) groups excluding carboxylic acids is 1. The lowest BCUT2D eigenvalue weighted by Gasteiger charge is -2.48. The molecule has 0 aromatic heterocycles. The van der Waals surface area contributed by atoms with Gasteiger partial charge in [0.15, 0.2) is 0 Å². The van der Waals surface area contributed by atoms with E-state index in [-0.39, 0.29) is 17.6 Å². The van der Waals surface area contributed by atoms with Crippen LogP contribution in [0.5, 0.6) is 0 Å². The lowest BCUT2D eigenvalue weighted by atomic mass is 9.76. The second-order valence-corrected chi connectivity index (χ2v) is 12.9. The number of hydrogen-bond acceptors (Lipinski definition) is 5. The fraction of sp³-hybridized carbons (Fsp3) is 0.708. The average Bonchev–Trinajstić information content (AvgIpc) is 3.42. The third kappa shape index (κ3) is 7.56. The Bertz CT molecular complexity index is 920. The van der Waals surface area contributed by atoms with Gasteiger partial charge in [-0.2, -0.15) is 0 Å². The third-order valence-corrected chi connectivity index (χ3v) is 7.68. The summed E-state index contributed by atoms with van der Waals surface area (Å²) in [6, 6.07) is 6.11. The fourth-order valence-electron chi connectivity index (χ4n) is 5.37. The van der Waals surface area contributed by atoms with Crippen LogP contribution in [0.1, 0.15) is 50.5 Å². The maximum atomic E-state index is 13.1. The molecule has 0 unspecified atom stereocenters. The molecule has 0 radical (unpaired) electrons. The normalized spacial score (nSPS) is 27.9. The second-order valence-electron chi connectivity index (χ2n) is 9.83. The topological polar surface area (TPSA) is 66.9 Å². The van der Waals surface area contributed by atoms with Crippen LogP contribution in [0.25, 0.3) is 0 Å². The lowest BCUT2D eigenvalue weighted by Crippen LogP contribution is -2.58. The predicted octanol–water partition coefficient (Wildman–Crippen LogP) is 4.22. The minimum absolute atomic E-state index is 0.0529. The molecule has 1 aromatic carbocycles. The van der Waals surface area contributed by atoms with E-state index in [1.807, 2.05) is 18.0 Å². The molecular weight excluding hydrogens is 483 g/mol. The summed E-state index contributed by atoms with van der Waals surface area (Å²) in [6.45, 7) is 3.18. The second kappa shape index (κ2) is 11.3. The highest BCUT2D eigenvalue weighted by Gasteiger charge is 2.47. The van der Waals surface area contributed by atoms with Crippen LogP contribution in [-0.2, 0) is 25.8 Å². The number of amides is 1. The Kier molecular flexibility index (Phi) is 9.12. The highest BCUT2D eigenvalue weighted by atomic mass is 35.5. The molecule has 2 saturated heterocycles. The minimum atomic E-state index is -2.67. The first-order valence-electron chi connectivity index (χ1n) is 11.7. The monoisotopic (exact) mass is 518 g/mol. The number of benzene rings is 1. The number of ether oxygens (including phenoxy) is 1. The van der Waals surface area contributed by atoms with Crippen LogP contribution in [0, 0.1) is 0 Å². The van der Waals surface area contributed by atoms with E-state index in [0.29, 0.717) is 22.5 Å². The quantitative estimate of drug-likeness (QED) is 0.596. The van der Waals surface area contributed by atoms with Crippen molar-refractivity contribution < 1.29 is 17.9 Å². The van der Waals surface area contributed by atoms with Crippen LogP contribution in [0.3, 0.4) is 0 Å². The first kappa shape index (κ1) is 26.7.